The van der Waals surface area contributed by atoms with Gasteiger partial charge >= 0.3 is 0 Å². The molecular formula is C10H19N5. The summed E-state index contributed by atoms with van der Waals surface area (Å²) in [6.45, 7) is 4.31. The molecule has 5 heteroatoms. The Morgan fingerprint density at radius 3 is 2.87 bits per heavy atom. The summed E-state index contributed by atoms with van der Waals surface area (Å²) in [5, 5.41) is 11.3. The van der Waals surface area contributed by atoms with Crippen LogP contribution in [0.25, 0.3) is 0 Å². The van der Waals surface area contributed by atoms with Crippen LogP contribution in [-0.2, 0) is 6.54 Å². The predicted molar refractivity (Wildman–Crippen MR) is 58.5 cm³/mol. The van der Waals surface area contributed by atoms with E-state index in [1.165, 1.54) is 25.9 Å². The number of nitrogens with zero attached hydrogens (tertiary/aromatic N) is 4. The average molecular weight is 209 g/mol. The standard InChI is InChI=1S/C10H19N5/c1-14-6-2-10(3-7-14)11-4-8-15-9-5-12-13-15/h5,9-11H,2-4,6-8H2,1H3. The molecule has 0 atom stereocenters. The highest BCUT2D eigenvalue weighted by molar-refractivity contribution is 4.75. The highest BCUT2D eigenvalue weighted by Gasteiger charge is 2.15. The molecule has 1 aromatic heterocycles. The van der Waals surface area contributed by atoms with E-state index in [0.717, 1.165) is 13.1 Å². The Bertz CT molecular complexity index is 263. The number of aromatic nitrogens is 3. The second-order valence-corrected chi connectivity index (χ2v) is 4.20. The van der Waals surface area contributed by atoms with E-state index < -0.39 is 0 Å². The zero-order valence-corrected chi connectivity index (χ0v) is 9.26. The summed E-state index contributed by atoms with van der Waals surface area (Å²) < 4.78 is 1.86. The van der Waals surface area contributed by atoms with Crippen molar-refractivity contribution in [2.24, 2.45) is 0 Å². The molecule has 0 bridgehead atoms. The van der Waals surface area contributed by atoms with Gasteiger partial charge in [-0.2, -0.15) is 0 Å². The largest absolute Gasteiger partial charge is 0.312 e. The zero-order valence-electron chi connectivity index (χ0n) is 9.26. The van der Waals surface area contributed by atoms with Gasteiger partial charge in [0.2, 0.25) is 0 Å². The van der Waals surface area contributed by atoms with E-state index in [-0.39, 0.29) is 0 Å². The number of hydrogen-bond donors (Lipinski definition) is 1. The van der Waals surface area contributed by atoms with E-state index in [2.05, 4.69) is 27.6 Å². The Morgan fingerprint density at radius 2 is 2.20 bits per heavy atom. The average Bonchev–Trinajstić information content (AvgIpc) is 2.74. The lowest BCUT2D eigenvalue weighted by Crippen LogP contribution is -2.41. The van der Waals surface area contributed by atoms with Crippen molar-refractivity contribution in [2.75, 3.05) is 26.7 Å². The molecule has 2 heterocycles. The minimum atomic E-state index is 0.685. The Morgan fingerprint density at radius 1 is 1.40 bits per heavy atom. The lowest BCUT2D eigenvalue weighted by atomic mass is 10.1. The van der Waals surface area contributed by atoms with Gasteiger partial charge in [-0.05, 0) is 33.0 Å². The van der Waals surface area contributed by atoms with E-state index in [1.807, 2.05) is 10.9 Å². The van der Waals surface area contributed by atoms with E-state index in [1.54, 1.807) is 6.20 Å². The highest BCUT2D eigenvalue weighted by Crippen LogP contribution is 2.07. The van der Waals surface area contributed by atoms with Gasteiger partial charge in [-0.1, -0.05) is 5.21 Å². The predicted octanol–water partition coefficient (Wildman–Crippen LogP) is -0.0381. The van der Waals surface area contributed by atoms with Crippen LogP contribution in [0.2, 0.25) is 0 Å². The number of rotatable bonds is 4. The lowest BCUT2D eigenvalue weighted by Gasteiger charge is -2.29. The first kappa shape index (κ1) is 10.6. The fourth-order valence-corrected chi connectivity index (χ4v) is 1.95. The van der Waals surface area contributed by atoms with Crippen LogP contribution >= 0.6 is 0 Å². The van der Waals surface area contributed by atoms with Gasteiger partial charge < -0.3 is 10.2 Å². The summed E-state index contributed by atoms with van der Waals surface area (Å²) in [5.74, 6) is 0. The third kappa shape index (κ3) is 3.28. The van der Waals surface area contributed by atoms with Gasteiger partial charge in [0.15, 0.2) is 0 Å². The topological polar surface area (TPSA) is 46.0 Å². The number of nitrogens with one attached hydrogen (secondary N) is 1. The van der Waals surface area contributed by atoms with Gasteiger partial charge in [-0.15, -0.1) is 5.10 Å². The van der Waals surface area contributed by atoms with Crippen LogP contribution in [0, 0.1) is 0 Å². The fourth-order valence-electron chi connectivity index (χ4n) is 1.95. The molecule has 0 saturated carbocycles. The third-order valence-corrected chi connectivity index (χ3v) is 2.96. The van der Waals surface area contributed by atoms with Gasteiger partial charge in [-0.3, -0.25) is 4.68 Å². The summed E-state index contributed by atoms with van der Waals surface area (Å²) in [6.07, 6.45) is 6.13. The maximum absolute atomic E-state index is 3.93. The molecule has 1 N–H and O–H groups in total. The second kappa shape index (κ2) is 5.23. The van der Waals surface area contributed by atoms with Crippen LogP contribution in [0.3, 0.4) is 0 Å². The van der Waals surface area contributed by atoms with Crippen LogP contribution in [0.4, 0.5) is 0 Å². The minimum absolute atomic E-state index is 0.685. The van der Waals surface area contributed by atoms with Crippen LogP contribution in [0.1, 0.15) is 12.8 Å². The Hall–Kier alpha value is -0.940. The maximum Gasteiger partial charge on any atom is 0.0692 e. The fraction of sp³-hybridized carbons (Fsp3) is 0.800. The molecular weight excluding hydrogens is 190 g/mol. The van der Waals surface area contributed by atoms with E-state index in [0.29, 0.717) is 6.04 Å². The minimum Gasteiger partial charge on any atom is -0.312 e. The van der Waals surface area contributed by atoms with Crippen molar-refractivity contribution >= 4 is 0 Å². The smallest absolute Gasteiger partial charge is 0.0692 e. The SMILES string of the molecule is CN1CCC(NCCn2ccnn2)CC1. The monoisotopic (exact) mass is 209 g/mol. The Kier molecular flexibility index (Phi) is 3.69. The Balaban J connectivity index is 1.62. The van der Waals surface area contributed by atoms with Crippen LogP contribution in [-0.4, -0.2) is 52.6 Å². The first-order chi connectivity index (χ1) is 7.34. The molecule has 0 radical (unpaired) electrons. The van der Waals surface area contributed by atoms with Crippen molar-refractivity contribution < 1.29 is 0 Å². The summed E-state index contributed by atoms with van der Waals surface area (Å²) >= 11 is 0. The van der Waals surface area contributed by atoms with Gasteiger partial charge in [0.25, 0.3) is 0 Å². The van der Waals surface area contributed by atoms with Crippen LogP contribution < -0.4 is 5.32 Å². The summed E-state index contributed by atoms with van der Waals surface area (Å²) in [4.78, 5) is 2.38. The lowest BCUT2D eigenvalue weighted by molar-refractivity contribution is 0.233. The summed E-state index contributed by atoms with van der Waals surface area (Å²) in [5.41, 5.74) is 0. The normalized spacial score (nSPS) is 19.5. The van der Waals surface area contributed by atoms with Gasteiger partial charge in [-0.25, -0.2) is 0 Å². The van der Waals surface area contributed by atoms with Crippen molar-refractivity contribution in [1.82, 2.24) is 25.2 Å². The van der Waals surface area contributed by atoms with E-state index in [4.69, 9.17) is 0 Å². The number of hydrogen-bond acceptors (Lipinski definition) is 4. The molecule has 5 nitrogen and oxygen atoms in total. The highest BCUT2D eigenvalue weighted by atomic mass is 15.4. The van der Waals surface area contributed by atoms with Crippen LogP contribution in [0.5, 0.6) is 0 Å². The zero-order chi connectivity index (χ0) is 10.5. The number of piperidine rings is 1. The molecule has 84 valence electrons. The van der Waals surface area contributed by atoms with Crippen molar-refractivity contribution in [3.8, 4) is 0 Å². The molecule has 1 fully saturated rings. The molecule has 0 aliphatic carbocycles. The molecule has 0 amide bonds. The summed E-state index contributed by atoms with van der Waals surface area (Å²) in [6, 6.07) is 0.685. The van der Waals surface area contributed by atoms with E-state index in [9.17, 15) is 0 Å². The molecule has 0 spiro atoms. The van der Waals surface area contributed by atoms with Crippen molar-refractivity contribution in [2.45, 2.75) is 25.4 Å². The quantitative estimate of drug-likeness (QED) is 0.756. The number of likely N-dealkylation sites (tertiary alicyclic amines) is 1. The molecule has 15 heavy (non-hydrogen) atoms. The first-order valence-electron chi connectivity index (χ1n) is 5.60. The Labute approximate surface area is 90.5 Å². The van der Waals surface area contributed by atoms with Crippen molar-refractivity contribution in [3.63, 3.8) is 0 Å². The second-order valence-electron chi connectivity index (χ2n) is 4.20. The maximum atomic E-state index is 3.93. The van der Waals surface area contributed by atoms with Crippen molar-refractivity contribution in [3.05, 3.63) is 12.4 Å². The van der Waals surface area contributed by atoms with Gasteiger partial charge in [0, 0.05) is 18.8 Å². The van der Waals surface area contributed by atoms with Crippen molar-refractivity contribution in [1.29, 1.82) is 0 Å². The summed E-state index contributed by atoms with van der Waals surface area (Å²) in [7, 11) is 2.19. The molecule has 0 unspecified atom stereocenters. The van der Waals surface area contributed by atoms with Gasteiger partial charge in [0.05, 0.1) is 12.7 Å². The molecule has 1 aromatic rings. The molecule has 1 aliphatic rings. The van der Waals surface area contributed by atoms with Crippen LogP contribution in [0.15, 0.2) is 12.4 Å². The molecule has 1 saturated heterocycles. The first-order valence-corrected chi connectivity index (χ1v) is 5.60. The molecule has 1 aliphatic heterocycles. The third-order valence-electron chi connectivity index (χ3n) is 2.96. The van der Waals surface area contributed by atoms with E-state index >= 15 is 0 Å². The molecule has 0 aromatic carbocycles. The van der Waals surface area contributed by atoms with Gasteiger partial charge in [0.1, 0.15) is 0 Å². The molecule has 2 rings (SSSR count).